The first-order chi connectivity index (χ1) is 10.2. The smallest absolute Gasteiger partial charge is 0.203 e. The predicted octanol–water partition coefficient (Wildman–Crippen LogP) is 2.69. The van der Waals surface area contributed by atoms with Crippen molar-refractivity contribution in [2.75, 3.05) is 27.1 Å². The van der Waals surface area contributed by atoms with E-state index >= 15 is 0 Å². The van der Waals surface area contributed by atoms with Crippen molar-refractivity contribution in [1.82, 2.24) is 0 Å². The first kappa shape index (κ1) is 14.6. The van der Waals surface area contributed by atoms with Crippen LogP contribution >= 0.6 is 0 Å². The average Bonchev–Trinajstić information content (AvgIpc) is 2.51. The molecule has 2 aromatic rings. The van der Waals surface area contributed by atoms with E-state index in [-0.39, 0.29) is 0 Å². The minimum Gasteiger partial charge on any atom is -0.493 e. The van der Waals surface area contributed by atoms with E-state index in [4.69, 9.17) is 19.9 Å². The molecule has 108 valence electrons. The molecular weight excluding hydrogens is 266 g/mol. The summed E-state index contributed by atoms with van der Waals surface area (Å²) in [4.78, 5) is 0. The highest BCUT2D eigenvalue weighted by atomic mass is 16.5. The van der Waals surface area contributed by atoms with E-state index in [2.05, 4.69) is 11.8 Å². The Morgan fingerprint density at radius 3 is 1.95 bits per heavy atom. The maximum absolute atomic E-state index is 5.73. The van der Waals surface area contributed by atoms with E-state index in [1.54, 1.807) is 33.5 Å². The summed E-state index contributed by atoms with van der Waals surface area (Å²) < 4.78 is 15.9. The molecule has 0 bridgehead atoms. The molecule has 0 aromatic heterocycles. The third kappa shape index (κ3) is 3.40. The highest BCUT2D eigenvalue weighted by Crippen LogP contribution is 2.37. The van der Waals surface area contributed by atoms with E-state index in [1.807, 2.05) is 24.3 Å². The molecule has 0 unspecified atom stereocenters. The van der Waals surface area contributed by atoms with Crippen LogP contribution in [0.4, 0.5) is 5.69 Å². The summed E-state index contributed by atoms with van der Waals surface area (Å²) in [5.74, 6) is 7.83. The van der Waals surface area contributed by atoms with Gasteiger partial charge in [-0.3, -0.25) is 0 Å². The molecule has 0 aliphatic carbocycles. The Balaban J connectivity index is 2.42. The largest absolute Gasteiger partial charge is 0.493 e. The molecule has 0 amide bonds. The van der Waals surface area contributed by atoms with Gasteiger partial charge in [-0.1, -0.05) is 17.9 Å². The van der Waals surface area contributed by atoms with Crippen LogP contribution in [0.3, 0.4) is 0 Å². The average molecular weight is 283 g/mol. The van der Waals surface area contributed by atoms with Crippen LogP contribution in [0.15, 0.2) is 36.4 Å². The number of nitrogens with two attached hydrogens (primary N) is 1. The fourth-order valence-corrected chi connectivity index (χ4v) is 1.91. The fraction of sp³-hybridized carbons (Fsp3) is 0.176. The number of anilines is 1. The van der Waals surface area contributed by atoms with Gasteiger partial charge in [-0.05, 0) is 30.3 Å². The fourth-order valence-electron chi connectivity index (χ4n) is 1.91. The maximum atomic E-state index is 5.73. The molecule has 0 spiro atoms. The summed E-state index contributed by atoms with van der Waals surface area (Å²) in [6.07, 6.45) is 0. The summed E-state index contributed by atoms with van der Waals surface area (Å²) in [5.41, 5.74) is 8.04. The number of nitrogen functional groups attached to an aromatic ring is 1. The summed E-state index contributed by atoms with van der Waals surface area (Å²) >= 11 is 0. The second-order valence-electron chi connectivity index (χ2n) is 4.29. The highest BCUT2D eigenvalue weighted by molar-refractivity contribution is 5.58. The van der Waals surface area contributed by atoms with Gasteiger partial charge in [-0.15, -0.1) is 0 Å². The molecule has 0 heterocycles. The van der Waals surface area contributed by atoms with Crippen LogP contribution in [0.5, 0.6) is 17.2 Å². The van der Waals surface area contributed by atoms with E-state index in [0.29, 0.717) is 22.9 Å². The number of benzene rings is 2. The van der Waals surface area contributed by atoms with Gasteiger partial charge in [-0.25, -0.2) is 0 Å². The Morgan fingerprint density at radius 1 is 0.810 bits per heavy atom. The standard InChI is InChI=1S/C17H17NO3/c1-19-15-10-13(11-16(20-2)17(15)21-3)8-7-12-5-4-6-14(18)9-12/h4-6,9-11H,18H2,1-3H3. The van der Waals surface area contributed by atoms with Crippen molar-refractivity contribution >= 4 is 5.69 Å². The number of rotatable bonds is 3. The maximum Gasteiger partial charge on any atom is 0.203 e. The lowest BCUT2D eigenvalue weighted by Gasteiger charge is -2.12. The molecule has 4 heteroatoms. The molecule has 4 nitrogen and oxygen atoms in total. The van der Waals surface area contributed by atoms with Gasteiger partial charge in [0.2, 0.25) is 5.75 Å². The molecule has 21 heavy (non-hydrogen) atoms. The van der Waals surface area contributed by atoms with Crippen LogP contribution < -0.4 is 19.9 Å². The summed E-state index contributed by atoms with van der Waals surface area (Å²) in [7, 11) is 4.72. The molecule has 2 rings (SSSR count). The molecule has 0 atom stereocenters. The molecule has 0 saturated carbocycles. The van der Waals surface area contributed by atoms with Gasteiger partial charge in [0.05, 0.1) is 21.3 Å². The Morgan fingerprint density at radius 2 is 1.43 bits per heavy atom. The molecular formula is C17H17NO3. The van der Waals surface area contributed by atoms with Crippen molar-refractivity contribution in [2.24, 2.45) is 0 Å². The molecule has 0 aliphatic rings. The van der Waals surface area contributed by atoms with Crippen molar-refractivity contribution in [3.8, 4) is 29.1 Å². The quantitative estimate of drug-likeness (QED) is 0.695. The first-order valence-corrected chi connectivity index (χ1v) is 6.35. The van der Waals surface area contributed by atoms with Crippen LogP contribution in [0.1, 0.15) is 11.1 Å². The minimum atomic E-state index is 0.550. The molecule has 0 aliphatic heterocycles. The Labute approximate surface area is 124 Å². The third-order valence-electron chi connectivity index (χ3n) is 2.90. The van der Waals surface area contributed by atoms with E-state index < -0.39 is 0 Å². The van der Waals surface area contributed by atoms with Gasteiger partial charge in [0.15, 0.2) is 11.5 Å². The normalized spacial score (nSPS) is 9.48. The van der Waals surface area contributed by atoms with Gasteiger partial charge >= 0.3 is 0 Å². The second kappa shape index (κ2) is 6.58. The zero-order valence-electron chi connectivity index (χ0n) is 12.3. The van der Waals surface area contributed by atoms with Crippen LogP contribution in [-0.2, 0) is 0 Å². The lowest BCUT2D eigenvalue weighted by Crippen LogP contribution is -1.95. The molecule has 0 saturated heterocycles. The third-order valence-corrected chi connectivity index (χ3v) is 2.90. The zero-order valence-corrected chi connectivity index (χ0v) is 12.3. The monoisotopic (exact) mass is 283 g/mol. The summed E-state index contributed by atoms with van der Waals surface area (Å²) in [6, 6.07) is 11.0. The van der Waals surface area contributed by atoms with Crippen molar-refractivity contribution < 1.29 is 14.2 Å². The van der Waals surface area contributed by atoms with Crippen molar-refractivity contribution in [3.05, 3.63) is 47.5 Å². The number of hydrogen-bond donors (Lipinski definition) is 1. The molecule has 2 aromatic carbocycles. The van der Waals surface area contributed by atoms with Crippen molar-refractivity contribution in [2.45, 2.75) is 0 Å². The Bertz CT molecular complexity index is 674. The van der Waals surface area contributed by atoms with E-state index in [1.165, 1.54) is 0 Å². The van der Waals surface area contributed by atoms with E-state index in [9.17, 15) is 0 Å². The number of ether oxygens (including phenoxy) is 3. The van der Waals surface area contributed by atoms with E-state index in [0.717, 1.165) is 11.1 Å². The number of methoxy groups -OCH3 is 3. The highest BCUT2D eigenvalue weighted by Gasteiger charge is 2.12. The number of hydrogen-bond acceptors (Lipinski definition) is 4. The molecule has 0 radical (unpaired) electrons. The van der Waals surface area contributed by atoms with Gasteiger partial charge in [-0.2, -0.15) is 0 Å². The van der Waals surface area contributed by atoms with Crippen molar-refractivity contribution in [1.29, 1.82) is 0 Å². The van der Waals surface area contributed by atoms with Gasteiger partial charge in [0.1, 0.15) is 0 Å². The predicted molar refractivity (Wildman–Crippen MR) is 82.9 cm³/mol. The topological polar surface area (TPSA) is 53.7 Å². The van der Waals surface area contributed by atoms with Crippen LogP contribution in [0.2, 0.25) is 0 Å². The van der Waals surface area contributed by atoms with Crippen LogP contribution in [0, 0.1) is 11.8 Å². The molecule has 0 fully saturated rings. The lowest BCUT2D eigenvalue weighted by atomic mass is 10.1. The van der Waals surface area contributed by atoms with Gasteiger partial charge in [0, 0.05) is 16.8 Å². The zero-order chi connectivity index (χ0) is 15.2. The molecule has 2 N–H and O–H groups in total. The van der Waals surface area contributed by atoms with Gasteiger partial charge in [0.25, 0.3) is 0 Å². The SMILES string of the molecule is COc1cc(C#Cc2cccc(N)c2)cc(OC)c1OC. The van der Waals surface area contributed by atoms with Crippen molar-refractivity contribution in [3.63, 3.8) is 0 Å². The lowest BCUT2D eigenvalue weighted by molar-refractivity contribution is 0.324. The summed E-state index contributed by atoms with van der Waals surface area (Å²) in [6.45, 7) is 0. The minimum absolute atomic E-state index is 0.550. The van der Waals surface area contributed by atoms with Gasteiger partial charge < -0.3 is 19.9 Å². The Kier molecular flexibility index (Phi) is 4.57. The van der Waals surface area contributed by atoms with Crippen LogP contribution in [-0.4, -0.2) is 21.3 Å². The summed E-state index contributed by atoms with van der Waals surface area (Å²) in [5, 5.41) is 0. The second-order valence-corrected chi connectivity index (χ2v) is 4.29. The Hall–Kier alpha value is -2.80. The van der Waals surface area contributed by atoms with Crippen LogP contribution in [0.25, 0.3) is 0 Å². The first-order valence-electron chi connectivity index (χ1n) is 6.35.